The molecule has 1 atom stereocenters. The lowest BCUT2D eigenvalue weighted by atomic mass is 10.1. The highest BCUT2D eigenvalue weighted by Crippen LogP contribution is 2.28. The molecule has 0 saturated carbocycles. The normalized spacial score (nSPS) is 19.5. The van der Waals surface area contributed by atoms with Gasteiger partial charge in [0.2, 0.25) is 0 Å². The maximum absolute atomic E-state index is 11.0. The number of halogens is 1. The van der Waals surface area contributed by atoms with Crippen molar-refractivity contribution in [3.8, 4) is 0 Å². The number of anilines is 1. The van der Waals surface area contributed by atoms with Crippen molar-refractivity contribution in [2.45, 2.75) is 26.3 Å². The third-order valence-electron chi connectivity index (χ3n) is 3.78. The molecule has 0 spiro atoms. The van der Waals surface area contributed by atoms with Gasteiger partial charge >= 0.3 is 0 Å². The molecule has 20 heavy (non-hydrogen) atoms. The molecular weight excluding hydrogens is 278 g/mol. The van der Waals surface area contributed by atoms with Gasteiger partial charge in [0.25, 0.3) is 5.69 Å². The van der Waals surface area contributed by atoms with E-state index in [0.29, 0.717) is 22.7 Å². The Morgan fingerprint density at radius 3 is 2.90 bits per heavy atom. The van der Waals surface area contributed by atoms with Crippen molar-refractivity contribution < 1.29 is 4.92 Å². The summed E-state index contributed by atoms with van der Waals surface area (Å²) in [6.07, 6.45) is 1.12. The van der Waals surface area contributed by atoms with E-state index in [1.165, 1.54) is 6.07 Å². The summed E-state index contributed by atoms with van der Waals surface area (Å²) >= 11 is 5.91. The minimum atomic E-state index is -0.381. The molecule has 0 bridgehead atoms. The molecule has 2 rings (SSSR count). The van der Waals surface area contributed by atoms with E-state index in [4.69, 9.17) is 11.6 Å². The highest BCUT2D eigenvalue weighted by Gasteiger charge is 2.24. The Labute approximate surface area is 124 Å². The van der Waals surface area contributed by atoms with Crippen molar-refractivity contribution in [1.82, 2.24) is 4.90 Å². The van der Waals surface area contributed by atoms with Gasteiger partial charge in [-0.2, -0.15) is 0 Å². The van der Waals surface area contributed by atoms with Crippen LogP contribution >= 0.6 is 11.6 Å². The maximum Gasteiger partial charge on any atom is 0.292 e. The quantitative estimate of drug-likeness (QED) is 0.668. The third kappa shape index (κ3) is 3.61. The number of nitro benzene ring substituents is 1. The van der Waals surface area contributed by atoms with Crippen LogP contribution in [0.2, 0.25) is 5.02 Å². The Balaban J connectivity index is 1.98. The van der Waals surface area contributed by atoms with Gasteiger partial charge in [-0.15, -0.1) is 0 Å². The molecule has 0 radical (unpaired) electrons. The molecule has 110 valence electrons. The number of nitro groups is 1. The highest BCUT2D eigenvalue weighted by molar-refractivity contribution is 6.31. The molecule has 6 heteroatoms. The summed E-state index contributed by atoms with van der Waals surface area (Å²) in [5.41, 5.74) is 0.582. The fourth-order valence-corrected chi connectivity index (χ4v) is 2.73. The van der Waals surface area contributed by atoms with Gasteiger partial charge in [0.05, 0.1) is 4.92 Å². The summed E-state index contributed by atoms with van der Waals surface area (Å²) in [6, 6.07) is 5.16. The minimum absolute atomic E-state index is 0.0770. The number of benzene rings is 1. The molecule has 1 heterocycles. The second-order valence-electron chi connectivity index (χ2n) is 5.54. The molecule has 1 aromatic rings. The Morgan fingerprint density at radius 1 is 1.55 bits per heavy atom. The van der Waals surface area contributed by atoms with Gasteiger partial charge in [-0.3, -0.25) is 10.1 Å². The summed E-state index contributed by atoms with van der Waals surface area (Å²) in [5, 5.41) is 14.7. The van der Waals surface area contributed by atoms with E-state index in [1.54, 1.807) is 12.1 Å². The molecule has 1 saturated heterocycles. The van der Waals surface area contributed by atoms with Gasteiger partial charge in [0.15, 0.2) is 0 Å². The number of nitrogens with one attached hydrogen (secondary N) is 1. The molecule has 1 N–H and O–H groups in total. The zero-order valence-corrected chi connectivity index (χ0v) is 12.6. The van der Waals surface area contributed by atoms with Crippen LogP contribution in [0.3, 0.4) is 0 Å². The smallest absolute Gasteiger partial charge is 0.292 e. The molecule has 1 fully saturated rings. The minimum Gasteiger partial charge on any atom is -0.379 e. The van der Waals surface area contributed by atoms with Crippen LogP contribution in [0.25, 0.3) is 0 Å². The Bertz CT molecular complexity index is 493. The number of hydrogen-bond acceptors (Lipinski definition) is 4. The monoisotopic (exact) mass is 297 g/mol. The second kappa shape index (κ2) is 6.41. The fourth-order valence-electron chi connectivity index (χ4n) is 2.56. The van der Waals surface area contributed by atoms with Gasteiger partial charge in [-0.25, -0.2) is 0 Å². The van der Waals surface area contributed by atoms with Crippen LogP contribution in [-0.4, -0.2) is 35.5 Å². The van der Waals surface area contributed by atoms with Gasteiger partial charge < -0.3 is 10.2 Å². The van der Waals surface area contributed by atoms with E-state index in [1.807, 2.05) is 0 Å². The molecule has 1 unspecified atom stereocenters. The lowest BCUT2D eigenvalue weighted by Crippen LogP contribution is -2.29. The molecule has 1 aromatic carbocycles. The van der Waals surface area contributed by atoms with Gasteiger partial charge in [0.1, 0.15) is 5.69 Å². The molecule has 0 aromatic heterocycles. The first-order valence-electron chi connectivity index (χ1n) is 6.89. The lowest BCUT2D eigenvalue weighted by Gasteiger charge is -2.20. The summed E-state index contributed by atoms with van der Waals surface area (Å²) < 4.78 is 0. The predicted molar refractivity (Wildman–Crippen MR) is 81.4 cm³/mol. The lowest BCUT2D eigenvalue weighted by molar-refractivity contribution is -0.384. The van der Waals surface area contributed by atoms with Gasteiger partial charge in [0, 0.05) is 30.2 Å². The van der Waals surface area contributed by atoms with Gasteiger partial charge in [-0.05, 0) is 44.9 Å². The van der Waals surface area contributed by atoms with Crippen LogP contribution < -0.4 is 5.32 Å². The summed E-state index contributed by atoms with van der Waals surface area (Å²) in [6.45, 7) is 7.26. The van der Waals surface area contributed by atoms with Crippen LogP contribution in [0.15, 0.2) is 18.2 Å². The Kier molecular flexibility index (Phi) is 4.83. The van der Waals surface area contributed by atoms with Crippen molar-refractivity contribution in [3.05, 3.63) is 33.3 Å². The molecule has 0 aliphatic carbocycles. The maximum atomic E-state index is 11.0. The number of likely N-dealkylation sites (tertiary alicyclic amines) is 1. The summed E-state index contributed by atoms with van der Waals surface area (Å²) in [4.78, 5) is 13.0. The first kappa shape index (κ1) is 15.1. The van der Waals surface area contributed by atoms with Crippen molar-refractivity contribution in [2.75, 3.05) is 25.0 Å². The molecule has 0 amide bonds. The van der Waals surface area contributed by atoms with Crippen molar-refractivity contribution in [2.24, 2.45) is 5.92 Å². The van der Waals surface area contributed by atoms with E-state index < -0.39 is 0 Å². The largest absolute Gasteiger partial charge is 0.379 e. The summed E-state index contributed by atoms with van der Waals surface area (Å²) in [7, 11) is 0. The predicted octanol–water partition coefficient (Wildman–Crippen LogP) is 3.39. The van der Waals surface area contributed by atoms with Crippen LogP contribution in [0.4, 0.5) is 11.4 Å². The van der Waals surface area contributed by atoms with Crippen LogP contribution in [0.5, 0.6) is 0 Å². The van der Waals surface area contributed by atoms with E-state index in [2.05, 4.69) is 24.1 Å². The zero-order chi connectivity index (χ0) is 14.7. The number of rotatable bonds is 5. The number of nitrogens with zero attached hydrogens (tertiary/aromatic N) is 2. The van der Waals surface area contributed by atoms with Gasteiger partial charge in [-0.1, -0.05) is 11.6 Å². The molecular formula is C14H20ClN3O2. The van der Waals surface area contributed by atoms with Crippen molar-refractivity contribution in [1.29, 1.82) is 0 Å². The van der Waals surface area contributed by atoms with Crippen LogP contribution in [0.1, 0.15) is 20.3 Å². The average Bonchev–Trinajstić information content (AvgIpc) is 2.85. The van der Waals surface area contributed by atoms with E-state index >= 15 is 0 Å². The van der Waals surface area contributed by atoms with Crippen LogP contribution in [-0.2, 0) is 0 Å². The first-order chi connectivity index (χ1) is 9.47. The van der Waals surface area contributed by atoms with E-state index in [9.17, 15) is 10.1 Å². The topological polar surface area (TPSA) is 58.4 Å². The zero-order valence-electron chi connectivity index (χ0n) is 11.8. The standard InChI is InChI=1S/C14H20ClN3O2/c1-10(2)17-6-5-11(9-17)8-16-13-7-12(15)3-4-14(13)18(19)20/h3-4,7,10-11,16H,5-6,8-9H2,1-2H3. The molecule has 1 aliphatic rings. The first-order valence-corrected chi connectivity index (χ1v) is 7.27. The van der Waals surface area contributed by atoms with Crippen molar-refractivity contribution >= 4 is 23.0 Å². The second-order valence-corrected chi connectivity index (χ2v) is 5.98. The fraction of sp³-hybridized carbons (Fsp3) is 0.571. The molecule has 5 nitrogen and oxygen atoms in total. The molecule has 1 aliphatic heterocycles. The third-order valence-corrected chi connectivity index (χ3v) is 4.02. The number of hydrogen-bond donors (Lipinski definition) is 1. The van der Waals surface area contributed by atoms with E-state index in [0.717, 1.165) is 26.1 Å². The highest BCUT2D eigenvalue weighted by atomic mass is 35.5. The van der Waals surface area contributed by atoms with Crippen molar-refractivity contribution in [3.63, 3.8) is 0 Å². The average molecular weight is 298 g/mol. The Morgan fingerprint density at radius 2 is 2.30 bits per heavy atom. The van der Waals surface area contributed by atoms with E-state index in [-0.39, 0.29) is 10.6 Å². The Hall–Kier alpha value is -1.33. The summed E-state index contributed by atoms with van der Waals surface area (Å²) in [5.74, 6) is 0.524. The SMILES string of the molecule is CC(C)N1CCC(CNc2cc(Cl)ccc2[N+](=O)[O-])C1. The van der Waals surface area contributed by atoms with Crippen LogP contribution in [0, 0.1) is 16.0 Å².